The molecule has 3 aromatic rings. The zero-order chi connectivity index (χ0) is 21.0. The van der Waals surface area contributed by atoms with Crippen LogP contribution < -0.4 is 13.8 Å². The summed E-state index contributed by atoms with van der Waals surface area (Å²) in [5.74, 6) is 0.548. The van der Waals surface area contributed by atoms with E-state index in [9.17, 15) is 12.8 Å². The lowest BCUT2D eigenvalue weighted by Gasteiger charge is -2.25. The van der Waals surface area contributed by atoms with Crippen LogP contribution >= 0.6 is 15.9 Å². The van der Waals surface area contributed by atoms with Gasteiger partial charge in [-0.1, -0.05) is 22.0 Å². The maximum atomic E-state index is 13.3. The normalized spacial score (nSPS) is 11.2. The molecule has 0 aliphatic heterocycles. The average molecular weight is 480 g/mol. The number of methoxy groups -OCH3 is 2. The zero-order valence-electron chi connectivity index (χ0n) is 15.8. The van der Waals surface area contributed by atoms with Crippen LogP contribution in [0.15, 0.2) is 76.1 Å². The van der Waals surface area contributed by atoms with Gasteiger partial charge in [0.05, 0.1) is 31.3 Å². The lowest BCUT2D eigenvalue weighted by atomic mass is 10.2. The Morgan fingerprint density at radius 2 is 1.52 bits per heavy atom. The molecule has 3 aromatic carbocycles. The molecule has 5 nitrogen and oxygen atoms in total. The fourth-order valence-corrected chi connectivity index (χ4v) is 4.52. The van der Waals surface area contributed by atoms with Crippen molar-refractivity contribution in [2.75, 3.05) is 18.5 Å². The maximum Gasteiger partial charge on any atom is 0.264 e. The summed E-state index contributed by atoms with van der Waals surface area (Å²) in [4.78, 5) is 0.00213. The highest BCUT2D eigenvalue weighted by molar-refractivity contribution is 9.10. The quantitative estimate of drug-likeness (QED) is 0.478. The summed E-state index contributed by atoms with van der Waals surface area (Å²) in [6.45, 7) is 0.0572. The van der Waals surface area contributed by atoms with Crippen molar-refractivity contribution in [2.45, 2.75) is 11.4 Å². The number of sulfonamides is 1. The third kappa shape index (κ3) is 4.71. The predicted octanol–water partition coefficient (Wildman–Crippen LogP) is 5.00. The molecule has 8 heteroatoms. The Kier molecular flexibility index (Phi) is 6.44. The Hall–Kier alpha value is -2.58. The second-order valence-corrected chi connectivity index (χ2v) is 8.91. The number of nitrogens with zero attached hydrogens (tertiary/aromatic N) is 1. The van der Waals surface area contributed by atoms with Gasteiger partial charge in [0, 0.05) is 4.47 Å². The molecular weight excluding hydrogens is 461 g/mol. The van der Waals surface area contributed by atoms with E-state index < -0.39 is 15.8 Å². The summed E-state index contributed by atoms with van der Waals surface area (Å²) < 4.78 is 52.7. The monoisotopic (exact) mass is 479 g/mol. The van der Waals surface area contributed by atoms with E-state index >= 15 is 0 Å². The van der Waals surface area contributed by atoms with E-state index in [1.165, 1.54) is 30.7 Å². The molecule has 0 bridgehead atoms. The van der Waals surface area contributed by atoms with Crippen LogP contribution in [0.5, 0.6) is 11.5 Å². The minimum absolute atomic E-state index is 0.00213. The fraction of sp³-hybridized carbons (Fsp3) is 0.143. The minimum atomic E-state index is -3.94. The van der Waals surface area contributed by atoms with E-state index in [1.807, 2.05) is 0 Å². The van der Waals surface area contributed by atoms with E-state index in [4.69, 9.17) is 9.47 Å². The molecule has 0 aliphatic carbocycles. The highest BCUT2D eigenvalue weighted by atomic mass is 79.9. The van der Waals surface area contributed by atoms with Crippen molar-refractivity contribution in [3.05, 3.63) is 82.6 Å². The van der Waals surface area contributed by atoms with Crippen LogP contribution in [0.25, 0.3) is 0 Å². The Bertz CT molecular complexity index is 1090. The predicted molar refractivity (Wildman–Crippen MR) is 113 cm³/mol. The first-order chi connectivity index (χ1) is 13.8. The van der Waals surface area contributed by atoms with Crippen LogP contribution in [-0.4, -0.2) is 22.6 Å². The van der Waals surface area contributed by atoms with E-state index in [-0.39, 0.29) is 11.4 Å². The number of hydrogen-bond acceptors (Lipinski definition) is 4. The smallest absolute Gasteiger partial charge is 0.264 e. The van der Waals surface area contributed by atoms with Crippen molar-refractivity contribution >= 4 is 31.6 Å². The van der Waals surface area contributed by atoms with Gasteiger partial charge in [-0.05, 0) is 66.2 Å². The SMILES string of the molecule is COc1ccc(CN(c2ccc(Br)cc2)S(=O)(=O)c2ccc(F)cc2)cc1OC. The van der Waals surface area contributed by atoms with Gasteiger partial charge < -0.3 is 9.47 Å². The van der Waals surface area contributed by atoms with E-state index in [0.717, 1.165) is 16.6 Å². The molecule has 0 heterocycles. The Morgan fingerprint density at radius 3 is 2.10 bits per heavy atom. The first-order valence-electron chi connectivity index (χ1n) is 8.60. The van der Waals surface area contributed by atoms with Crippen LogP contribution in [0, 0.1) is 5.82 Å². The van der Waals surface area contributed by atoms with Crippen molar-refractivity contribution in [3.63, 3.8) is 0 Å². The van der Waals surface area contributed by atoms with Gasteiger partial charge >= 0.3 is 0 Å². The molecule has 0 unspecified atom stereocenters. The van der Waals surface area contributed by atoms with Crippen molar-refractivity contribution in [1.82, 2.24) is 0 Å². The van der Waals surface area contributed by atoms with Gasteiger partial charge in [0.1, 0.15) is 5.82 Å². The van der Waals surface area contributed by atoms with Crippen LogP contribution in [0.3, 0.4) is 0 Å². The first kappa shape index (κ1) is 21.1. The number of anilines is 1. The van der Waals surface area contributed by atoms with Gasteiger partial charge in [-0.15, -0.1) is 0 Å². The lowest BCUT2D eigenvalue weighted by Crippen LogP contribution is -2.30. The maximum absolute atomic E-state index is 13.3. The minimum Gasteiger partial charge on any atom is -0.493 e. The van der Waals surface area contributed by atoms with Gasteiger partial charge in [0.2, 0.25) is 0 Å². The average Bonchev–Trinajstić information content (AvgIpc) is 2.72. The van der Waals surface area contributed by atoms with E-state index in [0.29, 0.717) is 22.7 Å². The number of halogens is 2. The highest BCUT2D eigenvalue weighted by Crippen LogP contribution is 2.31. The largest absolute Gasteiger partial charge is 0.493 e. The summed E-state index contributed by atoms with van der Waals surface area (Å²) in [5.41, 5.74) is 1.18. The molecule has 152 valence electrons. The van der Waals surface area contributed by atoms with Crippen molar-refractivity contribution in [3.8, 4) is 11.5 Å². The second-order valence-electron chi connectivity index (χ2n) is 6.13. The van der Waals surface area contributed by atoms with Crippen molar-refractivity contribution in [1.29, 1.82) is 0 Å². The van der Waals surface area contributed by atoms with Crippen molar-refractivity contribution < 1.29 is 22.3 Å². The van der Waals surface area contributed by atoms with Gasteiger partial charge in [0.15, 0.2) is 11.5 Å². The van der Waals surface area contributed by atoms with Gasteiger partial charge in [-0.3, -0.25) is 4.31 Å². The Balaban J connectivity index is 2.06. The lowest BCUT2D eigenvalue weighted by molar-refractivity contribution is 0.354. The summed E-state index contributed by atoms with van der Waals surface area (Å²) >= 11 is 3.36. The molecule has 0 amide bonds. The Morgan fingerprint density at radius 1 is 0.897 bits per heavy atom. The number of ether oxygens (including phenoxy) is 2. The topological polar surface area (TPSA) is 55.8 Å². The third-order valence-electron chi connectivity index (χ3n) is 4.29. The van der Waals surface area contributed by atoms with E-state index in [2.05, 4.69) is 15.9 Å². The summed E-state index contributed by atoms with van der Waals surface area (Å²) in [6.07, 6.45) is 0. The molecule has 0 spiro atoms. The van der Waals surface area contributed by atoms with E-state index in [1.54, 1.807) is 42.5 Å². The summed E-state index contributed by atoms with van der Waals surface area (Å²) in [7, 11) is -0.888. The molecule has 3 rings (SSSR count). The molecule has 0 saturated carbocycles. The highest BCUT2D eigenvalue weighted by Gasteiger charge is 2.25. The molecule has 0 fully saturated rings. The summed E-state index contributed by atoms with van der Waals surface area (Å²) in [6, 6.07) is 16.9. The molecule has 0 aromatic heterocycles. The molecule has 0 atom stereocenters. The standard InChI is InChI=1S/C21H19BrFNO4S/c1-27-20-12-3-15(13-21(20)28-2)14-24(18-8-4-16(22)5-9-18)29(25,26)19-10-6-17(23)7-11-19/h3-13H,14H2,1-2H3. The van der Waals surface area contributed by atoms with Gasteiger partial charge in [0.25, 0.3) is 10.0 Å². The number of hydrogen-bond donors (Lipinski definition) is 0. The molecular formula is C21H19BrFNO4S. The van der Waals surface area contributed by atoms with Crippen LogP contribution in [0.2, 0.25) is 0 Å². The number of rotatable bonds is 7. The molecule has 0 N–H and O–H groups in total. The third-order valence-corrected chi connectivity index (χ3v) is 6.61. The number of benzene rings is 3. The summed E-state index contributed by atoms with van der Waals surface area (Å²) in [5, 5.41) is 0. The van der Waals surface area contributed by atoms with Gasteiger partial charge in [-0.25, -0.2) is 12.8 Å². The van der Waals surface area contributed by atoms with Crippen LogP contribution in [0.4, 0.5) is 10.1 Å². The molecule has 0 aliphatic rings. The van der Waals surface area contributed by atoms with Crippen LogP contribution in [-0.2, 0) is 16.6 Å². The molecule has 29 heavy (non-hydrogen) atoms. The molecule has 0 radical (unpaired) electrons. The zero-order valence-corrected chi connectivity index (χ0v) is 18.2. The second kappa shape index (κ2) is 8.84. The molecule has 0 saturated heterocycles. The van der Waals surface area contributed by atoms with Crippen LogP contribution in [0.1, 0.15) is 5.56 Å². The first-order valence-corrected chi connectivity index (χ1v) is 10.8. The van der Waals surface area contributed by atoms with Crippen molar-refractivity contribution in [2.24, 2.45) is 0 Å². The fourth-order valence-electron chi connectivity index (χ4n) is 2.80. The van der Waals surface area contributed by atoms with Gasteiger partial charge in [-0.2, -0.15) is 0 Å². The Labute approximate surface area is 177 Å².